The maximum atomic E-state index is 6.11. The van der Waals surface area contributed by atoms with E-state index in [0.29, 0.717) is 11.4 Å². The Balaban J connectivity index is 2.14. The fourth-order valence-corrected chi connectivity index (χ4v) is 3.94. The third kappa shape index (κ3) is 4.22. The molecule has 3 unspecified atom stereocenters. The topological polar surface area (TPSA) is 35.2 Å². The summed E-state index contributed by atoms with van der Waals surface area (Å²) < 4.78 is 6.78. The van der Waals surface area contributed by atoms with E-state index in [1.165, 1.54) is 10.5 Å². The summed E-state index contributed by atoms with van der Waals surface area (Å²) in [6.45, 7) is 5.20. The Hall–Kier alpha value is -0.0300. The Morgan fingerprint density at radius 3 is 2.95 bits per heavy atom. The van der Waals surface area contributed by atoms with Crippen molar-refractivity contribution in [2.75, 3.05) is 6.61 Å². The normalized spacial score (nSPS) is 24.6. The number of rotatable bonds is 5. The molecule has 106 valence electrons. The van der Waals surface area contributed by atoms with Crippen molar-refractivity contribution in [2.24, 2.45) is 5.73 Å². The molecule has 2 rings (SSSR count). The van der Waals surface area contributed by atoms with Gasteiger partial charge in [-0.1, -0.05) is 22.9 Å². The van der Waals surface area contributed by atoms with E-state index in [0.717, 1.165) is 30.3 Å². The van der Waals surface area contributed by atoms with Crippen LogP contribution in [0.1, 0.15) is 32.3 Å². The molecule has 0 radical (unpaired) electrons. The standard InChI is InChI=1S/C15H22BrNOS/c1-3-13(17)9-11-8-12(16)4-5-15(11)19-14-6-7-18-10(14)2/h4-5,8,10,13-14H,3,6-7,9,17H2,1-2H3. The molecule has 0 aliphatic carbocycles. The number of benzene rings is 1. The van der Waals surface area contributed by atoms with Gasteiger partial charge >= 0.3 is 0 Å². The van der Waals surface area contributed by atoms with Crippen LogP contribution in [0.5, 0.6) is 0 Å². The summed E-state index contributed by atoms with van der Waals surface area (Å²) in [6, 6.07) is 6.77. The van der Waals surface area contributed by atoms with Gasteiger partial charge in [0, 0.05) is 27.3 Å². The highest BCUT2D eigenvalue weighted by Crippen LogP contribution is 2.35. The SMILES string of the molecule is CCC(N)Cc1cc(Br)ccc1SC1CCOC1C. The molecule has 2 N–H and O–H groups in total. The average Bonchev–Trinajstić information content (AvgIpc) is 2.78. The molecule has 0 amide bonds. The highest BCUT2D eigenvalue weighted by atomic mass is 79.9. The average molecular weight is 344 g/mol. The molecule has 1 aliphatic rings. The zero-order chi connectivity index (χ0) is 13.8. The van der Waals surface area contributed by atoms with Gasteiger partial charge in [-0.15, -0.1) is 11.8 Å². The van der Waals surface area contributed by atoms with Gasteiger partial charge in [0.2, 0.25) is 0 Å². The summed E-state index contributed by atoms with van der Waals surface area (Å²) in [5.41, 5.74) is 7.46. The van der Waals surface area contributed by atoms with E-state index < -0.39 is 0 Å². The number of hydrogen-bond acceptors (Lipinski definition) is 3. The molecule has 4 heteroatoms. The van der Waals surface area contributed by atoms with Crippen LogP contribution in [0.2, 0.25) is 0 Å². The van der Waals surface area contributed by atoms with Gasteiger partial charge in [0.25, 0.3) is 0 Å². The number of ether oxygens (including phenoxy) is 1. The third-order valence-corrected chi connectivity index (χ3v) is 5.68. The molecule has 1 aromatic carbocycles. The van der Waals surface area contributed by atoms with Crippen LogP contribution in [0.3, 0.4) is 0 Å². The zero-order valence-electron chi connectivity index (χ0n) is 11.6. The maximum Gasteiger partial charge on any atom is 0.0669 e. The molecule has 1 aromatic rings. The summed E-state index contributed by atoms with van der Waals surface area (Å²) in [4.78, 5) is 1.36. The van der Waals surface area contributed by atoms with Crippen LogP contribution in [0, 0.1) is 0 Å². The second kappa shape index (κ2) is 7.11. The molecule has 0 bridgehead atoms. The molecule has 3 atom stereocenters. The predicted octanol–water partition coefficient (Wildman–Crippen LogP) is 4.00. The molecule has 0 aromatic heterocycles. The van der Waals surface area contributed by atoms with E-state index in [4.69, 9.17) is 10.5 Å². The fraction of sp³-hybridized carbons (Fsp3) is 0.600. The quantitative estimate of drug-likeness (QED) is 0.877. The summed E-state index contributed by atoms with van der Waals surface area (Å²) in [5.74, 6) is 0. The molecule has 0 spiro atoms. The van der Waals surface area contributed by atoms with Crippen LogP contribution in [-0.2, 0) is 11.2 Å². The van der Waals surface area contributed by atoms with Crippen molar-refractivity contribution in [1.29, 1.82) is 0 Å². The van der Waals surface area contributed by atoms with E-state index in [-0.39, 0.29) is 6.04 Å². The van der Waals surface area contributed by atoms with Gasteiger partial charge in [0.15, 0.2) is 0 Å². The van der Waals surface area contributed by atoms with E-state index in [9.17, 15) is 0 Å². The second-order valence-corrected chi connectivity index (χ2v) is 7.34. The van der Waals surface area contributed by atoms with Crippen LogP contribution < -0.4 is 5.73 Å². The third-order valence-electron chi connectivity index (χ3n) is 3.61. The Morgan fingerprint density at radius 2 is 2.32 bits per heavy atom. The van der Waals surface area contributed by atoms with Gasteiger partial charge in [-0.25, -0.2) is 0 Å². The minimum atomic E-state index is 0.242. The lowest BCUT2D eigenvalue weighted by atomic mass is 10.1. The number of nitrogens with two attached hydrogens (primary N) is 1. The van der Waals surface area contributed by atoms with Gasteiger partial charge in [-0.05, 0) is 49.9 Å². The fourth-order valence-electron chi connectivity index (χ4n) is 2.28. The Kier molecular flexibility index (Phi) is 5.75. The Morgan fingerprint density at radius 1 is 1.53 bits per heavy atom. The van der Waals surface area contributed by atoms with Crippen molar-refractivity contribution < 1.29 is 4.74 Å². The highest BCUT2D eigenvalue weighted by Gasteiger charge is 2.26. The first-order valence-electron chi connectivity index (χ1n) is 6.92. The van der Waals surface area contributed by atoms with Gasteiger partial charge in [0.05, 0.1) is 6.10 Å². The lowest BCUT2D eigenvalue weighted by Crippen LogP contribution is -2.22. The van der Waals surface area contributed by atoms with Crippen LogP contribution in [0.15, 0.2) is 27.6 Å². The molecule has 1 aliphatic heterocycles. The molecule has 1 saturated heterocycles. The van der Waals surface area contributed by atoms with Crippen molar-refractivity contribution in [3.8, 4) is 0 Å². The van der Waals surface area contributed by atoms with E-state index in [1.54, 1.807) is 0 Å². The molecular formula is C15H22BrNOS. The van der Waals surface area contributed by atoms with Crippen molar-refractivity contribution >= 4 is 27.7 Å². The van der Waals surface area contributed by atoms with Gasteiger partial charge < -0.3 is 10.5 Å². The summed E-state index contributed by atoms with van der Waals surface area (Å²) >= 11 is 5.50. The van der Waals surface area contributed by atoms with Gasteiger partial charge in [0.1, 0.15) is 0 Å². The number of hydrogen-bond donors (Lipinski definition) is 1. The number of halogens is 1. The lowest BCUT2D eigenvalue weighted by molar-refractivity contribution is 0.127. The highest BCUT2D eigenvalue weighted by molar-refractivity contribution is 9.10. The predicted molar refractivity (Wildman–Crippen MR) is 85.8 cm³/mol. The second-order valence-electron chi connectivity index (χ2n) is 5.15. The monoisotopic (exact) mass is 343 g/mol. The van der Waals surface area contributed by atoms with Crippen LogP contribution in [0.25, 0.3) is 0 Å². The van der Waals surface area contributed by atoms with Crippen LogP contribution in [-0.4, -0.2) is 24.0 Å². The first-order chi connectivity index (χ1) is 9.10. The Bertz CT molecular complexity index is 427. The molecule has 2 nitrogen and oxygen atoms in total. The minimum Gasteiger partial charge on any atom is -0.377 e. The van der Waals surface area contributed by atoms with Crippen LogP contribution in [0.4, 0.5) is 0 Å². The molecule has 1 fully saturated rings. The first-order valence-corrected chi connectivity index (χ1v) is 8.59. The summed E-state index contributed by atoms with van der Waals surface area (Å²) in [5, 5.41) is 0.567. The van der Waals surface area contributed by atoms with E-state index in [1.807, 2.05) is 11.8 Å². The van der Waals surface area contributed by atoms with Crippen molar-refractivity contribution in [2.45, 2.75) is 55.4 Å². The molecule has 0 saturated carbocycles. The van der Waals surface area contributed by atoms with Crippen molar-refractivity contribution in [3.05, 3.63) is 28.2 Å². The first kappa shape index (κ1) is 15.4. The smallest absolute Gasteiger partial charge is 0.0669 e. The van der Waals surface area contributed by atoms with Gasteiger partial charge in [-0.2, -0.15) is 0 Å². The van der Waals surface area contributed by atoms with E-state index >= 15 is 0 Å². The van der Waals surface area contributed by atoms with Crippen molar-refractivity contribution in [1.82, 2.24) is 0 Å². The maximum absolute atomic E-state index is 6.11. The Labute approximate surface area is 128 Å². The molecule has 1 heterocycles. The minimum absolute atomic E-state index is 0.242. The summed E-state index contributed by atoms with van der Waals surface area (Å²) in [7, 11) is 0. The largest absolute Gasteiger partial charge is 0.377 e. The van der Waals surface area contributed by atoms with E-state index in [2.05, 4.69) is 48.0 Å². The number of thioether (sulfide) groups is 1. The van der Waals surface area contributed by atoms with Crippen LogP contribution >= 0.6 is 27.7 Å². The molecule has 19 heavy (non-hydrogen) atoms. The van der Waals surface area contributed by atoms with Crippen molar-refractivity contribution in [3.63, 3.8) is 0 Å². The zero-order valence-corrected chi connectivity index (χ0v) is 14.0. The summed E-state index contributed by atoms with van der Waals surface area (Å²) in [6.07, 6.45) is 3.45. The van der Waals surface area contributed by atoms with Gasteiger partial charge in [-0.3, -0.25) is 0 Å². The lowest BCUT2D eigenvalue weighted by Gasteiger charge is -2.18. The molecular weight excluding hydrogens is 322 g/mol.